The van der Waals surface area contributed by atoms with Crippen molar-refractivity contribution in [3.63, 3.8) is 0 Å². The minimum absolute atomic E-state index is 0.295. The van der Waals surface area contributed by atoms with Gasteiger partial charge in [0, 0.05) is 7.05 Å². The second-order valence-corrected chi connectivity index (χ2v) is 2.82. The highest BCUT2D eigenvalue weighted by molar-refractivity contribution is 5.96. The molecule has 0 unspecified atom stereocenters. The van der Waals surface area contributed by atoms with Crippen molar-refractivity contribution in [3.8, 4) is 0 Å². The maximum Gasteiger partial charge on any atom is 0.337 e. The Labute approximate surface area is 96.8 Å². The van der Waals surface area contributed by atoms with Crippen molar-refractivity contribution in [1.29, 1.82) is 0 Å². The van der Waals surface area contributed by atoms with Gasteiger partial charge in [-0.25, -0.2) is 4.79 Å². The Morgan fingerprint density at radius 2 is 2.00 bits per heavy atom. The van der Waals surface area contributed by atoms with E-state index >= 15 is 0 Å². The summed E-state index contributed by atoms with van der Waals surface area (Å²) in [6.07, 6.45) is 3.75. The first kappa shape index (κ1) is 14.2. The molecule has 0 radical (unpaired) electrons. The summed E-state index contributed by atoms with van der Waals surface area (Å²) in [5.41, 5.74) is 1.83. The zero-order valence-corrected chi connectivity index (χ0v) is 10.2. The number of carboxylic acid groups (broad SMARTS) is 1. The summed E-state index contributed by atoms with van der Waals surface area (Å²) in [5, 5.41) is 11.8. The highest BCUT2D eigenvalue weighted by Crippen LogP contribution is 2.21. The summed E-state index contributed by atoms with van der Waals surface area (Å²) in [6.45, 7) is 5.90. The molecule has 0 aliphatic heterocycles. The van der Waals surface area contributed by atoms with Crippen molar-refractivity contribution in [1.82, 2.24) is 0 Å². The quantitative estimate of drug-likeness (QED) is 0.821. The van der Waals surface area contributed by atoms with Gasteiger partial charge in [-0.15, -0.1) is 0 Å². The molecule has 0 heterocycles. The fourth-order valence-electron chi connectivity index (χ4n) is 1.35. The highest BCUT2D eigenvalue weighted by Gasteiger charge is 2.10. The smallest absolute Gasteiger partial charge is 0.337 e. The first-order valence-corrected chi connectivity index (χ1v) is 5.37. The third-order valence-electron chi connectivity index (χ3n) is 1.92. The summed E-state index contributed by atoms with van der Waals surface area (Å²) >= 11 is 0. The highest BCUT2D eigenvalue weighted by atomic mass is 16.4. The molecule has 0 saturated carbocycles. The Morgan fingerprint density at radius 1 is 1.38 bits per heavy atom. The van der Waals surface area contributed by atoms with E-state index in [1.54, 1.807) is 19.2 Å². The first-order chi connectivity index (χ1) is 7.70. The lowest BCUT2D eigenvalue weighted by atomic mass is 10.1. The van der Waals surface area contributed by atoms with Crippen molar-refractivity contribution in [2.24, 2.45) is 0 Å². The average Bonchev–Trinajstić information content (AvgIpc) is 2.31. The van der Waals surface area contributed by atoms with Crippen LogP contribution in [0.15, 0.2) is 24.3 Å². The van der Waals surface area contributed by atoms with Crippen molar-refractivity contribution >= 4 is 17.7 Å². The molecular weight excluding hydrogens is 202 g/mol. The minimum Gasteiger partial charge on any atom is -0.478 e. The van der Waals surface area contributed by atoms with Crippen LogP contribution in [-0.2, 0) is 0 Å². The summed E-state index contributed by atoms with van der Waals surface area (Å²) in [6, 6.07) is 5.19. The predicted molar refractivity (Wildman–Crippen MR) is 69.0 cm³/mol. The SMILES string of the molecule is C/C=C\c1cccc(C(=O)O)c1NC.CC. The number of allylic oxidation sites excluding steroid dienone is 1. The molecule has 0 atom stereocenters. The number of benzene rings is 1. The van der Waals surface area contributed by atoms with Crippen LogP contribution in [0.4, 0.5) is 5.69 Å². The van der Waals surface area contributed by atoms with Gasteiger partial charge in [-0.3, -0.25) is 0 Å². The minimum atomic E-state index is -0.916. The lowest BCUT2D eigenvalue weighted by molar-refractivity contribution is 0.0698. The zero-order valence-electron chi connectivity index (χ0n) is 10.2. The molecule has 2 N–H and O–H groups in total. The molecule has 0 aliphatic carbocycles. The van der Waals surface area contributed by atoms with Crippen LogP contribution in [0.25, 0.3) is 6.08 Å². The van der Waals surface area contributed by atoms with Gasteiger partial charge in [0.15, 0.2) is 0 Å². The van der Waals surface area contributed by atoms with Crippen LogP contribution in [0.5, 0.6) is 0 Å². The molecule has 0 spiro atoms. The summed E-state index contributed by atoms with van der Waals surface area (Å²) in [4.78, 5) is 10.9. The van der Waals surface area contributed by atoms with E-state index in [1.807, 2.05) is 39.0 Å². The molecule has 0 aromatic heterocycles. The van der Waals surface area contributed by atoms with E-state index in [-0.39, 0.29) is 0 Å². The van der Waals surface area contributed by atoms with Gasteiger partial charge >= 0.3 is 5.97 Å². The van der Waals surface area contributed by atoms with Crippen LogP contribution < -0.4 is 5.32 Å². The Kier molecular flexibility index (Phi) is 6.68. The van der Waals surface area contributed by atoms with Crippen molar-refractivity contribution in [3.05, 3.63) is 35.4 Å². The summed E-state index contributed by atoms with van der Waals surface area (Å²) in [7, 11) is 1.72. The molecule has 0 aliphatic rings. The number of para-hydroxylation sites is 1. The molecule has 0 amide bonds. The van der Waals surface area contributed by atoms with Crippen LogP contribution in [0, 0.1) is 0 Å². The fraction of sp³-hybridized carbons (Fsp3) is 0.308. The van der Waals surface area contributed by atoms with Crippen molar-refractivity contribution < 1.29 is 9.90 Å². The average molecular weight is 221 g/mol. The molecule has 88 valence electrons. The van der Waals surface area contributed by atoms with Crippen molar-refractivity contribution in [2.45, 2.75) is 20.8 Å². The van der Waals surface area contributed by atoms with E-state index in [9.17, 15) is 4.79 Å². The van der Waals surface area contributed by atoms with E-state index < -0.39 is 5.97 Å². The lowest BCUT2D eigenvalue weighted by Gasteiger charge is -2.08. The Bertz CT molecular complexity index is 370. The number of anilines is 1. The number of hydrogen-bond acceptors (Lipinski definition) is 2. The van der Waals surface area contributed by atoms with Crippen LogP contribution >= 0.6 is 0 Å². The normalized spacial score (nSPS) is 9.50. The standard InChI is InChI=1S/C11H13NO2.C2H6/c1-3-5-8-6-4-7-9(11(13)14)10(8)12-2;1-2/h3-7,12H,1-2H3,(H,13,14);1-2H3/b5-3-;. The van der Waals surface area contributed by atoms with E-state index in [2.05, 4.69) is 5.32 Å². The van der Waals surface area contributed by atoms with E-state index in [4.69, 9.17) is 5.11 Å². The van der Waals surface area contributed by atoms with Gasteiger partial charge in [0.25, 0.3) is 0 Å². The van der Waals surface area contributed by atoms with E-state index in [1.165, 1.54) is 0 Å². The molecule has 0 saturated heterocycles. The topological polar surface area (TPSA) is 49.3 Å². The van der Waals surface area contributed by atoms with E-state index in [0.717, 1.165) is 5.56 Å². The van der Waals surface area contributed by atoms with Gasteiger partial charge in [-0.05, 0) is 18.6 Å². The van der Waals surface area contributed by atoms with Gasteiger partial charge in [0.05, 0.1) is 11.3 Å². The molecule has 1 rings (SSSR count). The van der Waals surface area contributed by atoms with E-state index in [0.29, 0.717) is 11.3 Å². The second kappa shape index (κ2) is 7.51. The van der Waals surface area contributed by atoms with Gasteiger partial charge in [0.1, 0.15) is 0 Å². The predicted octanol–water partition coefficient (Wildman–Crippen LogP) is 3.49. The summed E-state index contributed by atoms with van der Waals surface area (Å²) in [5.74, 6) is -0.916. The molecule has 16 heavy (non-hydrogen) atoms. The van der Waals surface area contributed by atoms with Crippen LogP contribution in [0.3, 0.4) is 0 Å². The lowest BCUT2D eigenvalue weighted by Crippen LogP contribution is -2.03. The van der Waals surface area contributed by atoms with Gasteiger partial charge in [-0.2, -0.15) is 0 Å². The Morgan fingerprint density at radius 3 is 2.44 bits per heavy atom. The van der Waals surface area contributed by atoms with Crippen LogP contribution in [0.2, 0.25) is 0 Å². The van der Waals surface area contributed by atoms with Gasteiger partial charge in [0.2, 0.25) is 0 Å². The fourth-order valence-corrected chi connectivity index (χ4v) is 1.35. The van der Waals surface area contributed by atoms with Gasteiger partial charge in [-0.1, -0.05) is 38.1 Å². The van der Waals surface area contributed by atoms with Crippen molar-refractivity contribution in [2.75, 3.05) is 12.4 Å². The third-order valence-corrected chi connectivity index (χ3v) is 1.92. The largest absolute Gasteiger partial charge is 0.478 e. The zero-order chi connectivity index (χ0) is 12.6. The molecule has 0 fully saturated rings. The van der Waals surface area contributed by atoms with Gasteiger partial charge < -0.3 is 10.4 Å². The monoisotopic (exact) mass is 221 g/mol. The van der Waals surface area contributed by atoms with Crippen LogP contribution in [0.1, 0.15) is 36.7 Å². The summed E-state index contributed by atoms with van der Waals surface area (Å²) < 4.78 is 0. The maximum absolute atomic E-state index is 10.9. The Hall–Kier alpha value is -1.77. The molecule has 1 aromatic rings. The number of nitrogens with one attached hydrogen (secondary N) is 1. The first-order valence-electron chi connectivity index (χ1n) is 5.37. The molecule has 3 nitrogen and oxygen atoms in total. The van der Waals surface area contributed by atoms with Crippen LogP contribution in [-0.4, -0.2) is 18.1 Å². The molecule has 3 heteroatoms. The number of carboxylic acids is 1. The second-order valence-electron chi connectivity index (χ2n) is 2.82. The number of hydrogen-bond donors (Lipinski definition) is 2. The number of carbonyl (C=O) groups is 1. The maximum atomic E-state index is 10.9. The third kappa shape index (κ3) is 3.42. The Balaban J connectivity index is 0.00000106. The molecular formula is C13H19NO2. The number of aromatic carboxylic acids is 1. The number of rotatable bonds is 3. The molecule has 1 aromatic carbocycles. The molecule has 0 bridgehead atoms.